The van der Waals surface area contributed by atoms with Gasteiger partial charge < -0.3 is 4.74 Å². The van der Waals surface area contributed by atoms with E-state index in [0.717, 1.165) is 26.1 Å². The van der Waals surface area contributed by atoms with E-state index in [0.29, 0.717) is 22.0 Å². The Morgan fingerprint density at radius 3 is 2.53 bits per heavy atom. The van der Waals surface area contributed by atoms with Crippen molar-refractivity contribution in [2.45, 2.75) is 20.5 Å². The van der Waals surface area contributed by atoms with E-state index < -0.39 is 17.8 Å². The molecule has 0 aromatic heterocycles. The summed E-state index contributed by atoms with van der Waals surface area (Å²) >= 11 is 9.47. The van der Waals surface area contributed by atoms with E-state index in [4.69, 9.17) is 16.3 Å². The maximum Gasteiger partial charge on any atom is 0.335 e. The summed E-state index contributed by atoms with van der Waals surface area (Å²) in [4.78, 5) is 39.4. The van der Waals surface area contributed by atoms with Crippen LogP contribution in [0.4, 0.5) is 10.5 Å². The van der Waals surface area contributed by atoms with Crippen molar-refractivity contribution in [3.8, 4) is 5.75 Å². The molecule has 0 unspecified atom stereocenters. The second-order valence-electron chi connectivity index (χ2n) is 7.83. The Balaban J connectivity index is 1.68. The molecule has 1 heterocycles. The molecule has 1 fully saturated rings. The van der Waals surface area contributed by atoms with Crippen LogP contribution in [0, 0.1) is 13.8 Å². The molecule has 3 aromatic carbocycles. The third-order valence-electron chi connectivity index (χ3n) is 5.41. The van der Waals surface area contributed by atoms with E-state index in [-0.39, 0.29) is 12.2 Å². The lowest BCUT2D eigenvalue weighted by Crippen LogP contribution is -2.54. The first kappa shape index (κ1) is 23.7. The molecule has 0 spiro atoms. The summed E-state index contributed by atoms with van der Waals surface area (Å²) in [6, 6.07) is 17.0. The molecular weight excluding hydrogens is 520 g/mol. The molecule has 4 rings (SSSR count). The number of carbonyl (C=O) groups is 3. The summed E-state index contributed by atoms with van der Waals surface area (Å²) < 4.78 is 6.70. The number of benzene rings is 3. The fourth-order valence-corrected chi connectivity index (χ4v) is 4.06. The van der Waals surface area contributed by atoms with Gasteiger partial charge in [0.15, 0.2) is 0 Å². The standard InChI is InChI=1S/C26H20BrClN2O4/c1-15-6-8-21(10-16(15)2)30-25(32)22(24(31)29-26(30)33)13-18-12-19(27)7-9-23(18)34-14-17-4-3-5-20(28)11-17/h3-13H,14H2,1-2H3,(H,29,31,33)/b22-13+. The molecule has 1 aliphatic heterocycles. The lowest BCUT2D eigenvalue weighted by molar-refractivity contribution is -0.122. The van der Waals surface area contributed by atoms with Crippen LogP contribution >= 0.6 is 27.5 Å². The van der Waals surface area contributed by atoms with Crippen molar-refractivity contribution in [3.05, 3.63) is 98.0 Å². The predicted octanol–water partition coefficient (Wildman–Crippen LogP) is 5.96. The summed E-state index contributed by atoms with van der Waals surface area (Å²) in [5.41, 5.74) is 3.52. The van der Waals surface area contributed by atoms with Crippen LogP contribution in [0.25, 0.3) is 6.08 Å². The average molecular weight is 540 g/mol. The van der Waals surface area contributed by atoms with E-state index in [1.807, 2.05) is 32.0 Å². The number of rotatable bonds is 5. The SMILES string of the molecule is Cc1ccc(N2C(=O)NC(=O)/C(=C\c3cc(Br)ccc3OCc3cccc(Cl)c3)C2=O)cc1C. The number of halogens is 2. The maximum atomic E-state index is 13.3. The van der Waals surface area contributed by atoms with Crippen LogP contribution in [-0.4, -0.2) is 17.8 Å². The largest absolute Gasteiger partial charge is 0.488 e. The number of urea groups is 1. The highest BCUT2D eigenvalue weighted by Crippen LogP contribution is 2.29. The van der Waals surface area contributed by atoms with Crippen LogP contribution in [0.1, 0.15) is 22.3 Å². The summed E-state index contributed by atoms with van der Waals surface area (Å²) in [7, 11) is 0. The van der Waals surface area contributed by atoms with Gasteiger partial charge in [0.25, 0.3) is 11.8 Å². The number of hydrogen-bond acceptors (Lipinski definition) is 4. The van der Waals surface area contributed by atoms with Gasteiger partial charge in [-0.25, -0.2) is 9.69 Å². The first-order valence-electron chi connectivity index (χ1n) is 10.4. The molecule has 8 heteroatoms. The second-order valence-corrected chi connectivity index (χ2v) is 9.18. The zero-order valence-corrected chi connectivity index (χ0v) is 20.7. The van der Waals surface area contributed by atoms with E-state index in [1.54, 1.807) is 42.5 Å². The molecule has 6 nitrogen and oxygen atoms in total. The Kier molecular flexibility index (Phi) is 6.86. The quantitative estimate of drug-likeness (QED) is 0.320. The Labute approximate surface area is 210 Å². The molecule has 1 saturated heterocycles. The van der Waals surface area contributed by atoms with Crippen LogP contribution in [-0.2, 0) is 16.2 Å². The highest BCUT2D eigenvalue weighted by atomic mass is 79.9. The number of imide groups is 2. The fourth-order valence-electron chi connectivity index (χ4n) is 3.46. The van der Waals surface area contributed by atoms with Crippen LogP contribution in [0.15, 0.2) is 70.7 Å². The van der Waals surface area contributed by atoms with Gasteiger partial charge in [0.1, 0.15) is 17.9 Å². The molecule has 4 amide bonds. The number of ether oxygens (including phenoxy) is 1. The van der Waals surface area contributed by atoms with Gasteiger partial charge in [0, 0.05) is 15.1 Å². The van der Waals surface area contributed by atoms with Crippen LogP contribution < -0.4 is 15.0 Å². The first-order chi connectivity index (χ1) is 16.2. The third kappa shape index (κ3) is 5.05. The molecule has 0 atom stereocenters. The van der Waals surface area contributed by atoms with Gasteiger partial charge in [-0.1, -0.05) is 45.7 Å². The molecule has 0 bridgehead atoms. The Hall–Kier alpha value is -3.42. The van der Waals surface area contributed by atoms with Gasteiger partial charge in [-0.3, -0.25) is 14.9 Å². The minimum atomic E-state index is -0.790. The zero-order chi connectivity index (χ0) is 24.4. The van der Waals surface area contributed by atoms with Crippen LogP contribution in [0.5, 0.6) is 5.75 Å². The van der Waals surface area contributed by atoms with Crippen molar-refractivity contribution in [3.63, 3.8) is 0 Å². The lowest BCUT2D eigenvalue weighted by atomic mass is 10.0. The Bertz CT molecular complexity index is 1350. The topological polar surface area (TPSA) is 75.7 Å². The summed E-state index contributed by atoms with van der Waals surface area (Å²) in [6.07, 6.45) is 1.43. The number of barbiturate groups is 1. The fraction of sp³-hybridized carbons (Fsp3) is 0.115. The normalized spacial score (nSPS) is 15.0. The Morgan fingerprint density at radius 1 is 1.00 bits per heavy atom. The van der Waals surface area contributed by atoms with E-state index in [2.05, 4.69) is 21.2 Å². The molecule has 3 aromatic rings. The number of aryl methyl sites for hydroxylation is 2. The van der Waals surface area contributed by atoms with Crippen molar-refractivity contribution in [2.24, 2.45) is 0 Å². The van der Waals surface area contributed by atoms with Crippen molar-refractivity contribution in [2.75, 3.05) is 4.90 Å². The number of amides is 4. The molecule has 0 aliphatic carbocycles. The van der Waals surface area contributed by atoms with Gasteiger partial charge in [-0.2, -0.15) is 0 Å². The zero-order valence-electron chi connectivity index (χ0n) is 18.4. The van der Waals surface area contributed by atoms with E-state index in [9.17, 15) is 14.4 Å². The Morgan fingerprint density at radius 2 is 1.79 bits per heavy atom. The minimum Gasteiger partial charge on any atom is -0.488 e. The molecule has 172 valence electrons. The smallest absolute Gasteiger partial charge is 0.335 e. The molecule has 34 heavy (non-hydrogen) atoms. The van der Waals surface area contributed by atoms with Gasteiger partial charge in [0.05, 0.1) is 5.69 Å². The highest BCUT2D eigenvalue weighted by molar-refractivity contribution is 9.10. The number of nitrogens with zero attached hydrogens (tertiary/aromatic N) is 1. The van der Waals surface area contributed by atoms with Crippen molar-refractivity contribution < 1.29 is 19.1 Å². The summed E-state index contributed by atoms with van der Waals surface area (Å²) in [5, 5.41) is 2.85. The monoisotopic (exact) mass is 538 g/mol. The van der Waals surface area contributed by atoms with Crippen molar-refractivity contribution in [1.82, 2.24) is 5.32 Å². The number of nitrogens with one attached hydrogen (secondary N) is 1. The average Bonchev–Trinajstić information content (AvgIpc) is 2.78. The maximum absolute atomic E-state index is 13.3. The second kappa shape index (κ2) is 9.83. The predicted molar refractivity (Wildman–Crippen MR) is 135 cm³/mol. The van der Waals surface area contributed by atoms with Gasteiger partial charge in [-0.05, 0) is 79.1 Å². The number of carbonyl (C=O) groups excluding carboxylic acids is 3. The summed E-state index contributed by atoms with van der Waals surface area (Å²) in [6.45, 7) is 4.06. The number of anilines is 1. The van der Waals surface area contributed by atoms with Gasteiger partial charge in [0.2, 0.25) is 0 Å². The lowest BCUT2D eigenvalue weighted by Gasteiger charge is -2.27. The van der Waals surface area contributed by atoms with E-state index >= 15 is 0 Å². The molecular formula is C26H20BrClN2O4. The van der Waals surface area contributed by atoms with Gasteiger partial charge in [-0.15, -0.1) is 0 Å². The highest BCUT2D eigenvalue weighted by Gasteiger charge is 2.37. The third-order valence-corrected chi connectivity index (χ3v) is 6.13. The molecule has 1 aliphatic rings. The molecule has 1 N–H and O–H groups in total. The number of hydrogen-bond donors (Lipinski definition) is 1. The van der Waals surface area contributed by atoms with Crippen LogP contribution in [0.2, 0.25) is 5.02 Å². The van der Waals surface area contributed by atoms with Crippen molar-refractivity contribution in [1.29, 1.82) is 0 Å². The first-order valence-corrected chi connectivity index (χ1v) is 11.6. The van der Waals surface area contributed by atoms with E-state index in [1.165, 1.54) is 6.08 Å². The molecule has 0 saturated carbocycles. The minimum absolute atomic E-state index is 0.177. The summed E-state index contributed by atoms with van der Waals surface area (Å²) in [5.74, 6) is -1.01. The molecule has 0 radical (unpaired) electrons. The van der Waals surface area contributed by atoms with Gasteiger partial charge >= 0.3 is 6.03 Å². The van der Waals surface area contributed by atoms with Crippen LogP contribution in [0.3, 0.4) is 0 Å². The van der Waals surface area contributed by atoms with Crippen molar-refractivity contribution >= 4 is 57.1 Å².